The summed E-state index contributed by atoms with van der Waals surface area (Å²) in [6.45, 7) is 1.97. The topological polar surface area (TPSA) is 29.5 Å². The second-order valence-corrected chi connectivity index (χ2v) is 6.28. The number of hydrogen-bond donors (Lipinski definition) is 0. The minimum absolute atomic E-state index is 0.0850. The van der Waals surface area contributed by atoms with Crippen LogP contribution in [0.25, 0.3) is 0 Å². The number of nitrogens with zero attached hydrogens (tertiary/aromatic N) is 1. The van der Waals surface area contributed by atoms with E-state index in [9.17, 15) is 4.79 Å². The summed E-state index contributed by atoms with van der Waals surface area (Å²) in [7, 11) is 3.36. The molecule has 0 heterocycles. The molecule has 0 fully saturated rings. The Hall–Kier alpha value is -1.52. The number of ether oxygens (including phenoxy) is 1. The molecule has 1 amide bonds. The van der Waals surface area contributed by atoms with Gasteiger partial charge < -0.3 is 9.64 Å². The van der Waals surface area contributed by atoms with E-state index in [1.54, 1.807) is 31.2 Å². The van der Waals surface area contributed by atoms with Crippen LogP contribution in [0.5, 0.6) is 5.75 Å². The normalized spacial score (nSPS) is 11.9. The Labute approximate surface area is 144 Å². The van der Waals surface area contributed by atoms with E-state index in [0.29, 0.717) is 16.3 Å². The van der Waals surface area contributed by atoms with Gasteiger partial charge in [0.1, 0.15) is 5.75 Å². The highest BCUT2D eigenvalue weighted by Gasteiger charge is 2.21. The smallest absolute Gasteiger partial charge is 0.255 e. The Morgan fingerprint density at radius 3 is 2.64 bits per heavy atom. The van der Waals surface area contributed by atoms with Gasteiger partial charge in [-0.15, -0.1) is 0 Å². The van der Waals surface area contributed by atoms with Crippen LogP contribution in [0.15, 0.2) is 46.9 Å². The largest absolute Gasteiger partial charge is 0.497 e. The van der Waals surface area contributed by atoms with Crippen molar-refractivity contribution >= 4 is 33.4 Å². The lowest BCUT2D eigenvalue weighted by molar-refractivity contribution is 0.0741. The van der Waals surface area contributed by atoms with E-state index < -0.39 is 0 Å². The van der Waals surface area contributed by atoms with E-state index in [2.05, 4.69) is 15.9 Å². The average molecular weight is 383 g/mol. The number of carbonyl (C=O) groups excluding carboxylic acids is 1. The second-order valence-electron chi connectivity index (χ2n) is 4.99. The minimum Gasteiger partial charge on any atom is -0.497 e. The monoisotopic (exact) mass is 381 g/mol. The molecule has 1 unspecified atom stereocenters. The summed E-state index contributed by atoms with van der Waals surface area (Å²) in [5.74, 6) is 0.564. The van der Waals surface area contributed by atoms with Crippen molar-refractivity contribution in [1.29, 1.82) is 0 Å². The summed E-state index contributed by atoms with van der Waals surface area (Å²) in [5, 5.41) is 0.660. The Bertz CT molecular complexity index is 690. The molecular formula is C17H17BrClNO2. The molecule has 1 atom stereocenters. The first-order valence-electron chi connectivity index (χ1n) is 6.80. The van der Waals surface area contributed by atoms with Gasteiger partial charge in [-0.2, -0.15) is 0 Å². The molecule has 0 aliphatic carbocycles. The van der Waals surface area contributed by atoms with Gasteiger partial charge in [0, 0.05) is 16.5 Å². The van der Waals surface area contributed by atoms with E-state index in [4.69, 9.17) is 16.3 Å². The summed E-state index contributed by atoms with van der Waals surface area (Å²) in [4.78, 5) is 14.4. The zero-order valence-corrected chi connectivity index (χ0v) is 15.0. The molecule has 3 nitrogen and oxygen atoms in total. The van der Waals surface area contributed by atoms with Crippen molar-refractivity contribution in [3.63, 3.8) is 0 Å². The summed E-state index contributed by atoms with van der Waals surface area (Å²) < 4.78 is 5.93. The van der Waals surface area contributed by atoms with E-state index in [0.717, 1.165) is 10.0 Å². The number of amides is 1. The summed E-state index contributed by atoms with van der Waals surface area (Å²) in [6, 6.07) is 12.8. The van der Waals surface area contributed by atoms with Gasteiger partial charge in [0.2, 0.25) is 0 Å². The number of methoxy groups -OCH3 is 1. The Morgan fingerprint density at radius 1 is 1.27 bits per heavy atom. The van der Waals surface area contributed by atoms with Crippen LogP contribution in [0.4, 0.5) is 0 Å². The predicted octanol–water partition coefficient (Wildman–Crippen LogP) is 4.94. The molecule has 0 aromatic heterocycles. The number of rotatable bonds is 4. The fourth-order valence-electron chi connectivity index (χ4n) is 2.15. The third-order valence-corrected chi connectivity index (χ3v) is 4.56. The van der Waals surface area contributed by atoms with Gasteiger partial charge in [-0.05, 0) is 58.7 Å². The van der Waals surface area contributed by atoms with E-state index in [1.165, 1.54) is 0 Å². The number of halogens is 2. The number of benzene rings is 2. The van der Waals surface area contributed by atoms with Crippen LogP contribution in [-0.2, 0) is 0 Å². The lowest BCUT2D eigenvalue weighted by Gasteiger charge is -2.26. The first-order valence-corrected chi connectivity index (χ1v) is 7.97. The maximum Gasteiger partial charge on any atom is 0.255 e. The van der Waals surface area contributed by atoms with Gasteiger partial charge in [0.15, 0.2) is 0 Å². The molecule has 0 saturated carbocycles. The second kappa shape index (κ2) is 7.16. The van der Waals surface area contributed by atoms with Crippen LogP contribution in [-0.4, -0.2) is 25.0 Å². The highest BCUT2D eigenvalue weighted by molar-refractivity contribution is 9.10. The quantitative estimate of drug-likeness (QED) is 0.749. The summed E-state index contributed by atoms with van der Waals surface area (Å²) >= 11 is 9.45. The first kappa shape index (κ1) is 16.8. The van der Waals surface area contributed by atoms with Gasteiger partial charge in [-0.1, -0.05) is 23.7 Å². The summed E-state index contributed by atoms with van der Waals surface area (Å²) in [5.41, 5.74) is 1.55. The fraction of sp³-hybridized carbons (Fsp3) is 0.235. The van der Waals surface area contributed by atoms with Crippen LogP contribution < -0.4 is 4.74 Å². The highest BCUT2D eigenvalue weighted by Crippen LogP contribution is 2.27. The van der Waals surface area contributed by atoms with Crippen LogP contribution in [0.3, 0.4) is 0 Å². The molecule has 0 aliphatic rings. The molecule has 5 heteroatoms. The first-order chi connectivity index (χ1) is 10.4. The molecule has 0 N–H and O–H groups in total. The Balaban J connectivity index is 2.29. The lowest BCUT2D eigenvalue weighted by atomic mass is 10.1. The lowest BCUT2D eigenvalue weighted by Crippen LogP contribution is -2.30. The van der Waals surface area contributed by atoms with Crippen LogP contribution in [0.1, 0.15) is 28.9 Å². The van der Waals surface area contributed by atoms with Crippen LogP contribution in [0, 0.1) is 0 Å². The van der Waals surface area contributed by atoms with Gasteiger partial charge in [0.25, 0.3) is 5.91 Å². The molecule has 0 spiro atoms. The zero-order chi connectivity index (χ0) is 16.3. The standard InChI is InChI=1S/C17H17BrClNO2/c1-11(12-5-4-6-13(19)9-12)20(2)17(21)15-10-14(22-3)7-8-16(15)18/h4-11H,1-3H3. The van der Waals surface area contributed by atoms with Crippen molar-refractivity contribution in [3.05, 3.63) is 63.1 Å². The van der Waals surface area contributed by atoms with E-state index in [1.807, 2.05) is 37.3 Å². The van der Waals surface area contributed by atoms with Crippen molar-refractivity contribution in [3.8, 4) is 5.75 Å². The fourth-order valence-corrected chi connectivity index (χ4v) is 2.77. The molecule has 0 saturated heterocycles. The minimum atomic E-state index is -0.0932. The molecular weight excluding hydrogens is 366 g/mol. The van der Waals surface area contributed by atoms with Gasteiger partial charge in [-0.3, -0.25) is 4.79 Å². The molecule has 0 radical (unpaired) electrons. The molecule has 0 aliphatic heterocycles. The number of carbonyl (C=O) groups is 1. The van der Waals surface area contributed by atoms with Crippen molar-refractivity contribution in [2.45, 2.75) is 13.0 Å². The van der Waals surface area contributed by atoms with Crippen LogP contribution in [0.2, 0.25) is 5.02 Å². The molecule has 116 valence electrons. The van der Waals surface area contributed by atoms with Crippen molar-refractivity contribution < 1.29 is 9.53 Å². The van der Waals surface area contributed by atoms with Crippen molar-refractivity contribution in [2.24, 2.45) is 0 Å². The average Bonchev–Trinajstić information content (AvgIpc) is 2.53. The van der Waals surface area contributed by atoms with Crippen LogP contribution >= 0.6 is 27.5 Å². The maximum atomic E-state index is 12.7. The Morgan fingerprint density at radius 2 is 2.00 bits per heavy atom. The van der Waals surface area contributed by atoms with Crippen molar-refractivity contribution in [2.75, 3.05) is 14.2 Å². The number of hydrogen-bond acceptors (Lipinski definition) is 2. The molecule has 22 heavy (non-hydrogen) atoms. The Kier molecular flexibility index (Phi) is 5.48. The molecule has 0 bridgehead atoms. The molecule has 2 rings (SSSR count). The predicted molar refractivity (Wildman–Crippen MR) is 92.7 cm³/mol. The molecule has 2 aromatic carbocycles. The van der Waals surface area contributed by atoms with E-state index >= 15 is 0 Å². The third-order valence-electron chi connectivity index (χ3n) is 3.64. The maximum absolute atomic E-state index is 12.7. The zero-order valence-electron chi connectivity index (χ0n) is 12.6. The van der Waals surface area contributed by atoms with Gasteiger partial charge in [0.05, 0.1) is 18.7 Å². The van der Waals surface area contributed by atoms with Crippen molar-refractivity contribution in [1.82, 2.24) is 4.90 Å². The highest BCUT2D eigenvalue weighted by atomic mass is 79.9. The van der Waals surface area contributed by atoms with E-state index in [-0.39, 0.29) is 11.9 Å². The SMILES string of the molecule is COc1ccc(Br)c(C(=O)N(C)C(C)c2cccc(Cl)c2)c1. The van der Waals surface area contributed by atoms with Gasteiger partial charge in [-0.25, -0.2) is 0 Å². The summed E-state index contributed by atoms with van der Waals surface area (Å²) in [6.07, 6.45) is 0. The molecule has 2 aromatic rings. The van der Waals surface area contributed by atoms with Gasteiger partial charge >= 0.3 is 0 Å². The third kappa shape index (κ3) is 3.62.